The van der Waals surface area contributed by atoms with Gasteiger partial charge in [-0.25, -0.2) is 0 Å². The molecule has 0 amide bonds. The van der Waals surface area contributed by atoms with Crippen molar-refractivity contribution in [3.63, 3.8) is 0 Å². The van der Waals surface area contributed by atoms with Crippen molar-refractivity contribution in [1.82, 2.24) is 29.8 Å². The Morgan fingerprint density at radius 1 is 0.660 bits per heavy atom. The first-order valence-electron chi connectivity index (χ1n) is 17.5. The van der Waals surface area contributed by atoms with E-state index in [2.05, 4.69) is 131 Å². The van der Waals surface area contributed by atoms with Gasteiger partial charge >= 0.3 is 14.2 Å². The average molecular weight is 723 g/mol. The summed E-state index contributed by atoms with van der Waals surface area (Å²) < 4.78 is 26.5. The normalized spacial score (nSPS) is 19.2. The second kappa shape index (κ2) is 17.1. The number of likely N-dealkylation sites (N-methyl/N-ethyl adjacent to an activating group) is 1. The summed E-state index contributed by atoms with van der Waals surface area (Å²) in [6.07, 6.45) is 0. The van der Waals surface area contributed by atoms with Gasteiger partial charge in [0, 0.05) is 40.7 Å². The van der Waals surface area contributed by atoms with E-state index in [1.54, 1.807) is 0 Å². The third-order valence-electron chi connectivity index (χ3n) is 10.4. The molecule has 0 radical (unpaired) electrons. The zero-order valence-electron chi connectivity index (χ0n) is 32.6. The molecule has 2 aromatic heterocycles. The van der Waals surface area contributed by atoms with Crippen molar-refractivity contribution < 1.29 is 18.6 Å². The Labute approximate surface area is 295 Å². The van der Waals surface area contributed by atoms with Crippen LogP contribution in [-0.4, -0.2) is 111 Å². The van der Waals surface area contributed by atoms with Crippen molar-refractivity contribution >= 4 is 41.1 Å². The van der Waals surface area contributed by atoms with Gasteiger partial charge < -0.3 is 28.4 Å². The van der Waals surface area contributed by atoms with Crippen LogP contribution in [0.15, 0.2) is 0 Å². The monoisotopic (exact) mass is 722 g/mol. The first-order valence-corrected chi connectivity index (χ1v) is 18.6. The van der Waals surface area contributed by atoms with Gasteiger partial charge in [-0.1, -0.05) is 43.6 Å². The van der Waals surface area contributed by atoms with Gasteiger partial charge in [0.15, 0.2) is 0 Å². The molecule has 13 heteroatoms. The molecule has 0 bridgehead atoms. The van der Waals surface area contributed by atoms with Crippen LogP contribution in [-0.2, 0) is 25.2 Å². The quantitative estimate of drug-likeness (QED) is 0.251. The molecule has 2 fully saturated rings. The fourth-order valence-electron chi connectivity index (χ4n) is 5.53. The zero-order chi connectivity index (χ0) is 36.0. The second-order valence-electron chi connectivity index (χ2n) is 14.6. The summed E-state index contributed by atoms with van der Waals surface area (Å²) in [6.45, 7) is 41.0. The summed E-state index contributed by atoms with van der Waals surface area (Å²) in [5, 5.41) is 12.9. The average Bonchev–Trinajstić information content (AvgIpc) is 3.60. The Kier molecular flexibility index (Phi) is 15.3. The summed E-state index contributed by atoms with van der Waals surface area (Å²) in [5.74, 6) is 0. The Hall–Kier alpha value is -1.21. The lowest BCUT2D eigenvalue weighted by Gasteiger charge is -2.32. The summed E-state index contributed by atoms with van der Waals surface area (Å²) in [7, 11) is -0.647. The smallest absolute Gasteiger partial charge is 0.399 e. The first-order chi connectivity index (χ1) is 21.7. The van der Waals surface area contributed by atoms with Crippen molar-refractivity contribution in [1.29, 1.82) is 0 Å². The number of halogens is 1. The Balaban J connectivity index is 0.000000276. The molecule has 47 heavy (non-hydrogen) atoms. The minimum Gasteiger partial charge on any atom is -0.399 e. The van der Waals surface area contributed by atoms with E-state index in [1.165, 1.54) is 19.6 Å². The minimum absolute atomic E-state index is 0.298. The molecular formula is C34H65B2BrN6O4. The summed E-state index contributed by atoms with van der Waals surface area (Å²) >= 11 is 3.39. The number of aromatic amines is 1. The molecule has 0 aromatic carbocycles. The largest absolute Gasteiger partial charge is 0.498 e. The number of rotatable bonds is 11. The van der Waals surface area contributed by atoms with E-state index in [9.17, 15) is 0 Å². The highest BCUT2D eigenvalue weighted by Crippen LogP contribution is 2.37. The van der Waals surface area contributed by atoms with Gasteiger partial charge in [-0.2, -0.15) is 10.2 Å². The number of hydrogen-bond donors (Lipinski definition) is 1. The Bertz CT molecular complexity index is 1210. The topological polar surface area (TPSA) is 89.9 Å². The van der Waals surface area contributed by atoms with Crippen molar-refractivity contribution in [2.24, 2.45) is 0 Å². The van der Waals surface area contributed by atoms with Crippen LogP contribution in [0.3, 0.4) is 0 Å². The number of hydrogen-bond acceptors (Lipinski definition) is 8. The summed E-state index contributed by atoms with van der Waals surface area (Å²) in [6, 6.07) is 0. The third kappa shape index (κ3) is 10.2. The van der Waals surface area contributed by atoms with Gasteiger partial charge in [0.2, 0.25) is 0 Å². The molecule has 0 aliphatic carbocycles. The fourth-order valence-corrected chi connectivity index (χ4v) is 6.04. The van der Waals surface area contributed by atoms with Crippen LogP contribution in [0.25, 0.3) is 0 Å². The molecule has 0 unspecified atom stereocenters. The van der Waals surface area contributed by atoms with Gasteiger partial charge in [0.1, 0.15) is 0 Å². The van der Waals surface area contributed by atoms with Crippen molar-refractivity contribution in [2.75, 3.05) is 44.6 Å². The molecule has 2 aliphatic heterocycles. The minimum atomic E-state index is -0.331. The molecule has 0 saturated carbocycles. The first kappa shape index (κ1) is 42.0. The van der Waals surface area contributed by atoms with Crippen LogP contribution < -0.4 is 10.9 Å². The fraction of sp³-hybridized carbons (Fsp3) is 0.824. The molecule has 10 nitrogen and oxygen atoms in total. The number of alkyl halides is 1. The van der Waals surface area contributed by atoms with Crippen LogP contribution >= 0.6 is 15.9 Å². The maximum atomic E-state index is 6.21. The molecule has 2 aromatic rings. The van der Waals surface area contributed by atoms with Gasteiger partial charge in [-0.15, -0.1) is 0 Å². The SMILES string of the molecule is CCN(CC)CCBr.CCN(CC)CCn1nc(C)c(B2OC(C)(C)C(C)(C)O2)c1C.Cc1n[nH]c(C)c1B1OC(C)(C)C(C)(C)O1. The second-order valence-corrected chi connectivity index (χ2v) is 15.4. The molecule has 268 valence electrons. The lowest BCUT2D eigenvalue weighted by atomic mass is 9.77. The van der Waals surface area contributed by atoms with Crippen LogP contribution in [0, 0.1) is 27.7 Å². The number of H-pyrrole nitrogens is 1. The van der Waals surface area contributed by atoms with E-state index in [4.69, 9.17) is 23.7 Å². The van der Waals surface area contributed by atoms with Gasteiger partial charge in [0.05, 0.1) is 40.3 Å². The van der Waals surface area contributed by atoms with Crippen molar-refractivity contribution in [3.8, 4) is 0 Å². The van der Waals surface area contributed by atoms with E-state index in [0.717, 1.165) is 65.2 Å². The maximum Gasteiger partial charge on any atom is 0.498 e. The lowest BCUT2D eigenvalue weighted by Crippen LogP contribution is -2.41. The van der Waals surface area contributed by atoms with E-state index in [0.29, 0.717) is 0 Å². The molecule has 4 heterocycles. The number of aromatic nitrogens is 4. The predicted octanol–water partition coefficient (Wildman–Crippen LogP) is 5.19. The molecule has 0 spiro atoms. The maximum absolute atomic E-state index is 6.21. The van der Waals surface area contributed by atoms with Gasteiger partial charge in [0.25, 0.3) is 0 Å². The molecule has 1 N–H and O–H groups in total. The number of nitrogens with one attached hydrogen (secondary N) is 1. The summed E-state index contributed by atoms with van der Waals surface area (Å²) in [5.41, 5.74) is 4.98. The van der Waals surface area contributed by atoms with Crippen LogP contribution in [0.2, 0.25) is 0 Å². The van der Waals surface area contributed by atoms with Crippen LogP contribution in [0.4, 0.5) is 0 Å². The third-order valence-corrected chi connectivity index (χ3v) is 10.8. The Morgan fingerprint density at radius 3 is 1.40 bits per heavy atom. The highest BCUT2D eigenvalue weighted by molar-refractivity contribution is 9.09. The number of nitrogens with zero attached hydrogens (tertiary/aromatic N) is 5. The van der Waals surface area contributed by atoms with Crippen LogP contribution in [0.1, 0.15) is 106 Å². The van der Waals surface area contributed by atoms with E-state index >= 15 is 0 Å². The zero-order valence-corrected chi connectivity index (χ0v) is 34.1. The van der Waals surface area contributed by atoms with E-state index in [-0.39, 0.29) is 36.6 Å². The highest BCUT2D eigenvalue weighted by Gasteiger charge is 2.54. The van der Waals surface area contributed by atoms with Crippen LogP contribution in [0.5, 0.6) is 0 Å². The molecule has 4 rings (SSSR count). The molecular weight excluding hydrogens is 658 g/mol. The lowest BCUT2D eigenvalue weighted by molar-refractivity contribution is 0.00578. The van der Waals surface area contributed by atoms with Gasteiger partial charge in [-0.3, -0.25) is 9.78 Å². The van der Waals surface area contributed by atoms with E-state index in [1.807, 2.05) is 20.8 Å². The standard InChI is InChI=1S/C17H32BN3O2.C11H19BN2O2.C6H14BrN/c1-9-20(10-2)11-12-21-14(4)15(13(3)19-21)18-22-16(5,6)17(7,8)23-18;1-7-9(8(2)14-13-7)12-15-10(3,4)11(5,6)16-12;1-3-8(4-2)6-5-7/h9-12H2,1-8H3;1-6H3,(H,13,14);3-6H2,1-2H3. The molecule has 0 atom stereocenters. The van der Waals surface area contributed by atoms with Crippen molar-refractivity contribution in [3.05, 3.63) is 22.8 Å². The van der Waals surface area contributed by atoms with Crippen molar-refractivity contribution in [2.45, 2.75) is 140 Å². The molecule has 2 aliphatic rings. The number of aryl methyl sites for hydroxylation is 3. The predicted molar refractivity (Wildman–Crippen MR) is 201 cm³/mol. The Morgan fingerprint density at radius 2 is 1.06 bits per heavy atom. The summed E-state index contributed by atoms with van der Waals surface area (Å²) in [4.78, 5) is 4.79. The molecule has 2 saturated heterocycles. The van der Waals surface area contributed by atoms with Gasteiger partial charge in [-0.05, 0) is 109 Å². The highest BCUT2D eigenvalue weighted by atomic mass is 79.9. The van der Waals surface area contributed by atoms with E-state index < -0.39 is 0 Å².